The molecule has 21 nitrogen and oxygen atoms in total. The van der Waals surface area contributed by atoms with Gasteiger partial charge in [0.15, 0.2) is 5.96 Å². The molecule has 0 saturated heterocycles. The second-order valence-electron chi connectivity index (χ2n) is 12.7. The van der Waals surface area contributed by atoms with E-state index in [0.29, 0.717) is 5.75 Å². The minimum Gasteiger partial charge on any atom is -0.480 e. The number of aliphatic carboxylic acids is 1. The second-order valence-corrected chi connectivity index (χ2v) is 13.7. The van der Waals surface area contributed by atoms with Gasteiger partial charge in [-0.15, -0.1) is 0 Å². The second kappa shape index (κ2) is 25.3. The lowest BCUT2D eigenvalue weighted by molar-refractivity contribution is -0.142. The number of hydrogen-bond donors (Lipinski definition) is 12. The highest BCUT2D eigenvalue weighted by molar-refractivity contribution is 7.98. The molecule has 0 fully saturated rings. The van der Waals surface area contributed by atoms with Crippen molar-refractivity contribution in [2.24, 2.45) is 33.8 Å². The van der Waals surface area contributed by atoms with Gasteiger partial charge >= 0.3 is 5.97 Å². The monoisotopic (exact) mass is 775 g/mol. The van der Waals surface area contributed by atoms with Gasteiger partial charge in [0.1, 0.15) is 30.2 Å². The number of carbonyl (C=O) groups is 8. The lowest BCUT2D eigenvalue weighted by Crippen LogP contribution is -2.60. The summed E-state index contributed by atoms with van der Waals surface area (Å²) in [5.74, 6) is -6.68. The fourth-order valence-corrected chi connectivity index (χ4v) is 5.01. The van der Waals surface area contributed by atoms with Gasteiger partial charge in [-0.1, -0.05) is 13.8 Å². The predicted octanol–water partition coefficient (Wildman–Crippen LogP) is -4.54. The molecule has 0 saturated carbocycles. The Hall–Kier alpha value is -4.70. The van der Waals surface area contributed by atoms with Crippen molar-refractivity contribution in [1.82, 2.24) is 31.9 Å². The molecule has 0 unspecified atom stereocenters. The minimum atomic E-state index is -1.58. The normalized spacial score (nSPS) is 14.9. The molecule has 22 heteroatoms. The molecule has 53 heavy (non-hydrogen) atoms. The Morgan fingerprint density at radius 1 is 0.736 bits per heavy atom. The SMILES string of the molecule is CSCC[C@H](NC(=O)[C@H](CC(C)C)NC(=O)[C@@H](NC(=O)CNC(=O)[C@H](C)NC(=O)[C@@H](N)CCC(N)=O)[C@@H](C)O)C(=O)N[C@@H](CCCN=C(N)N)C(=O)O. The van der Waals surface area contributed by atoms with Crippen LogP contribution in [0, 0.1) is 5.92 Å². The van der Waals surface area contributed by atoms with Crippen LogP contribution in [0.15, 0.2) is 4.99 Å². The van der Waals surface area contributed by atoms with E-state index in [9.17, 15) is 48.6 Å². The average molecular weight is 776 g/mol. The average Bonchev–Trinajstić information content (AvgIpc) is 3.06. The molecule has 7 amide bonds. The number of aliphatic hydroxyl groups is 1. The number of amides is 7. The largest absolute Gasteiger partial charge is 0.480 e. The van der Waals surface area contributed by atoms with Crippen LogP contribution in [-0.4, -0.2) is 131 Å². The zero-order chi connectivity index (χ0) is 40.8. The summed E-state index contributed by atoms with van der Waals surface area (Å²) in [5.41, 5.74) is 21.3. The van der Waals surface area contributed by atoms with Gasteiger partial charge < -0.3 is 65.0 Å². The van der Waals surface area contributed by atoms with E-state index in [0.717, 1.165) is 0 Å². The smallest absolute Gasteiger partial charge is 0.326 e. The van der Waals surface area contributed by atoms with Crippen molar-refractivity contribution >= 4 is 65.0 Å². The summed E-state index contributed by atoms with van der Waals surface area (Å²) in [7, 11) is 0. The first-order valence-electron chi connectivity index (χ1n) is 17.0. The van der Waals surface area contributed by atoms with Crippen molar-refractivity contribution in [3.63, 3.8) is 0 Å². The first kappa shape index (κ1) is 48.3. The number of hydrogen-bond acceptors (Lipinski definition) is 12. The first-order chi connectivity index (χ1) is 24.7. The summed E-state index contributed by atoms with van der Waals surface area (Å²) >= 11 is 1.39. The van der Waals surface area contributed by atoms with Gasteiger partial charge in [-0.25, -0.2) is 4.79 Å². The fourth-order valence-electron chi connectivity index (χ4n) is 4.54. The summed E-state index contributed by atoms with van der Waals surface area (Å²) < 4.78 is 0. The Balaban J connectivity index is 5.60. The van der Waals surface area contributed by atoms with Crippen LogP contribution in [0.25, 0.3) is 0 Å². The summed E-state index contributed by atoms with van der Waals surface area (Å²) in [5, 5.41) is 34.4. The lowest BCUT2D eigenvalue weighted by Gasteiger charge is -2.27. The Bertz CT molecular complexity index is 1300. The van der Waals surface area contributed by atoms with Gasteiger partial charge in [0.05, 0.1) is 18.7 Å². The van der Waals surface area contributed by atoms with E-state index in [1.807, 2.05) is 0 Å². The third kappa shape index (κ3) is 20.8. The molecule has 0 aliphatic heterocycles. The Labute approximate surface area is 312 Å². The molecular weight excluding hydrogens is 718 g/mol. The summed E-state index contributed by atoms with van der Waals surface area (Å²) in [6.45, 7) is 5.59. The minimum absolute atomic E-state index is 0.00713. The lowest BCUT2D eigenvalue weighted by atomic mass is 10.0. The van der Waals surface area contributed by atoms with Crippen LogP contribution >= 0.6 is 11.8 Å². The van der Waals surface area contributed by atoms with E-state index in [1.165, 1.54) is 25.6 Å². The van der Waals surface area contributed by atoms with Crippen molar-refractivity contribution in [3.8, 4) is 0 Å². The topological polar surface area (TPSA) is 366 Å². The molecule has 16 N–H and O–H groups in total. The van der Waals surface area contributed by atoms with Crippen molar-refractivity contribution in [2.45, 2.75) is 109 Å². The highest BCUT2D eigenvalue weighted by Crippen LogP contribution is 2.09. The molecule has 302 valence electrons. The van der Waals surface area contributed by atoms with E-state index in [2.05, 4.69) is 36.9 Å². The standard InChI is InChI=1S/C31H57N11O10S/c1-15(2)13-21(28(49)39-19(10-12-53-5)27(48)40-20(30(51)52)7-6-11-36-31(34)35)41-29(50)24(17(4)43)42-23(45)14-37-25(46)16(3)38-26(47)18(32)8-9-22(33)44/h15-21,24,43H,6-14,32H2,1-5H3,(H2,33,44)(H,37,46)(H,38,47)(H,39,49)(H,40,48)(H,41,50)(H,42,45)(H,51,52)(H4,34,35,36)/t16-,17+,18-,19-,20-,21-,24-/m0/s1. The first-order valence-corrected chi connectivity index (χ1v) is 18.4. The number of aliphatic imine (C=N–C) groups is 1. The number of nitrogens with two attached hydrogens (primary N) is 4. The molecule has 0 aliphatic rings. The third-order valence-electron chi connectivity index (χ3n) is 7.44. The number of aliphatic hydroxyl groups excluding tert-OH is 1. The molecular formula is C31H57N11O10S. The van der Waals surface area contributed by atoms with Gasteiger partial charge in [-0.3, -0.25) is 38.6 Å². The van der Waals surface area contributed by atoms with Gasteiger partial charge in [-0.05, 0) is 63.9 Å². The highest BCUT2D eigenvalue weighted by Gasteiger charge is 2.33. The van der Waals surface area contributed by atoms with Crippen LogP contribution in [0.1, 0.15) is 66.2 Å². The number of carboxylic acid groups (broad SMARTS) is 1. The molecule has 7 atom stereocenters. The van der Waals surface area contributed by atoms with Crippen molar-refractivity contribution < 1.29 is 48.6 Å². The number of carboxylic acids is 1. The molecule has 0 heterocycles. The summed E-state index contributed by atoms with van der Waals surface area (Å²) in [4.78, 5) is 104. The van der Waals surface area contributed by atoms with E-state index in [4.69, 9.17) is 22.9 Å². The van der Waals surface area contributed by atoms with Gasteiger partial charge in [-0.2, -0.15) is 11.8 Å². The maximum atomic E-state index is 13.5. The summed E-state index contributed by atoms with van der Waals surface area (Å²) in [6, 6.07) is -7.51. The number of nitrogens with zero attached hydrogens (tertiary/aromatic N) is 1. The van der Waals surface area contributed by atoms with E-state index in [1.54, 1.807) is 20.1 Å². The molecule has 0 aliphatic carbocycles. The van der Waals surface area contributed by atoms with Crippen LogP contribution in [0.4, 0.5) is 0 Å². The van der Waals surface area contributed by atoms with Gasteiger partial charge in [0.25, 0.3) is 0 Å². The zero-order valence-electron chi connectivity index (χ0n) is 30.8. The maximum Gasteiger partial charge on any atom is 0.326 e. The third-order valence-corrected chi connectivity index (χ3v) is 8.08. The Morgan fingerprint density at radius 2 is 1.32 bits per heavy atom. The molecule has 0 bridgehead atoms. The number of thioether (sulfide) groups is 1. The molecule has 0 aromatic rings. The van der Waals surface area contributed by atoms with Crippen LogP contribution < -0.4 is 54.8 Å². The molecule has 0 spiro atoms. The fraction of sp³-hybridized carbons (Fsp3) is 0.710. The summed E-state index contributed by atoms with van der Waals surface area (Å²) in [6.07, 6.45) is 0.623. The number of rotatable bonds is 26. The zero-order valence-corrected chi connectivity index (χ0v) is 31.6. The number of nitrogens with one attached hydrogen (secondary N) is 6. The van der Waals surface area contributed by atoms with Gasteiger partial charge in [0.2, 0.25) is 41.4 Å². The predicted molar refractivity (Wildman–Crippen MR) is 196 cm³/mol. The number of carbonyl (C=O) groups excluding carboxylic acids is 7. The van der Waals surface area contributed by atoms with Crippen molar-refractivity contribution in [1.29, 1.82) is 0 Å². The van der Waals surface area contributed by atoms with Crippen LogP contribution in [0.3, 0.4) is 0 Å². The van der Waals surface area contributed by atoms with Crippen LogP contribution in [0.5, 0.6) is 0 Å². The van der Waals surface area contributed by atoms with Gasteiger partial charge in [0, 0.05) is 13.0 Å². The molecule has 0 aromatic heterocycles. The van der Waals surface area contributed by atoms with Crippen molar-refractivity contribution in [3.05, 3.63) is 0 Å². The van der Waals surface area contributed by atoms with Crippen LogP contribution in [-0.2, 0) is 38.4 Å². The molecule has 0 radical (unpaired) electrons. The van der Waals surface area contributed by atoms with E-state index < -0.39 is 96.2 Å². The van der Waals surface area contributed by atoms with E-state index in [-0.39, 0.29) is 56.9 Å². The molecule has 0 rings (SSSR count). The number of primary amides is 1. The highest BCUT2D eigenvalue weighted by atomic mass is 32.2. The molecule has 0 aromatic carbocycles. The maximum absolute atomic E-state index is 13.5. The Morgan fingerprint density at radius 3 is 1.85 bits per heavy atom. The number of guanidine groups is 1. The van der Waals surface area contributed by atoms with Crippen LogP contribution in [0.2, 0.25) is 0 Å². The van der Waals surface area contributed by atoms with Crippen molar-refractivity contribution in [2.75, 3.05) is 25.1 Å². The Kier molecular flexibility index (Phi) is 23.1. The quantitative estimate of drug-likeness (QED) is 0.0224. The van der Waals surface area contributed by atoms with E-state index >= 15 is 0 Å².